The van der Waals surface area contributed by atoms with Crippen LogP contribution in [0.1, 0.15) is 34.7 Å². The van der Waals surface area contributed by atoms with Gasteiger partial charge in [0.25, 0.3) is 0 Å². The monoisotopic (exact) mass is 370 g/mol. The van der Waals surface area contributed by atoms with Gasteiger partial charge in [0.1, 0.15) is 11.9 Å². The van der Waals surface area contributed by atoms with E-state index in [1.165, 1.54) is 28.0 Å². The van der Waals surface area contributed by atoms with Crippen molar-refractivity contribution < 1.29 is 0 Å². The van der Waals surface area contributed by atoms with Gasteiger partial charge >= 0.3 is 0 Å². The first-order valence-corrected chi connectivity index (χ1v) is 9.64. The van der Waals surface area contributed by atoms with Crippen LogP contribution in [0, 0.1) is 0 Å². The Kier molecular flexibility index (Phi) is 4.06. The van der Waals surface area contributed by atoms with Crippen LogP contribution >= 0.6 is 11.6 Å². The first-order chi connectivity index (χ1) is 13.3. The molecule has 3 heteroatoms. The maximum absolute atomic E-state index is 6.12. The fourth-order valence-corrected chi connectivity index (χ4v) is 4.12. The highest BCUT2D eigenvalue weighted by molar-refractivity contribution is 6.30. The number of nitrogens with zero attached hydrogens (tertiary/aromatic N) is 1. The molecule has 0 bridgehead atoms. The SMILES string of the molecule is Clc1ccc(C2N=C(c3ccccc3)NC3=C2CCc2ccccc23)cc1. The summed E-state index contributed by atoms with van der Waals surface area (Å²) in [5.41, 5.74) is 7.54. The standard InChI is InChI=1S/C24H19ClN2/c25-19-13-10-17(11-14-19)22-21-15-12-16-6-4-5-9-20(16)23(21)27-24(26-22)18-7-2-1-3-8-18/h1-11,13-14,22H,12,15H2,(H,26,27). The van der Waals surface area contributed by atoms with E-state index in [9.17, 15) is 0 Å². The average Bonchev–Trinajstić information content (AvgIpc) is 2.74. The van der Waals surface area contributed by atoms with Gasteiger partial charge in [0.2, 0.25) is 0 Å². The molecule has 2 nitrogen and oxygen atoms in total. The molecule has 3 aromatic rings. The number of aryl methyl sites for hydroxylation is 1. The Bertz CT molecular complexity index is 1050. The van der Waals surface area contributed by atoms with E-state index in [1.54, 1.807) is 0 Å². The highest BCUT2D eigenvalue weighted by atomic mass is 35.5. The van der Waals surface area contributed by atoms with Gasteiger partial charge in [-0.2, -0.15) is 0 Å². The Hall–Kier alpha value is -2.84. The Morgan fingerprint density at radius 3 is 2.37 bits per heavy atom. The number of halogens is 1. The molecular formula is C24H19ClN2. The van der Waals surface area contributed by atoms with Gasteiger partial charge in [-0.1, -0.05) is 78.3 Å². The third kappa shape index (κ3) is 2.96. The van der Waals surface area contributed by atoms with Crippen LogP contribution in [0.3, 0.4) is 0 Å². The van der Waals surface area contributed by atoms with Gasteiger partial charge in [-0.3, -0.25) is 4.99 Å². The molecule has 0 aromatic heterocycles. The predicted molar refractivity (Wildman–Crippen MR) is 112 cm³/mol. The molecule has 1 N–H and O–H groups in total. The first-order valence-electron chi connectivity index (χ1n) is 9.26. The van der Waals surface area contributed by atoms with E-state index >= 15 is 0 Å². The second-order valence-electron chi connectivity index (χ2n) is 6.98. The lowest BCUT2D eigenvalue weighted by atomic mass is 9.83. The van der Waals surface area contributed by atoms with Gasteiger partial charge in [0, 0.05) is 21.8 Å². The summed E-state index contributed by atoms with van der Waals surface area (Å²) in [7, 11) is 0. The fourth-order valence-electron chi connectivity index (χ4n) is 3.99. The van der Waals surface area contributed by atoms with Crippen molar-refractivity contribution in [2.45, 2.75) is 18.9 Å². The molecule has 3 aromatic carbocycles. The van der Waals surface area contributed by atoms with Crippen molar-refractivity contribution in [2.75, 3.05) is 0 Å². The van der Waals surface area contributed by atoms with E-state index in [2.05, 4.69) is 66.0 Å². The van der Waals surface area contributed by atoms with E-state index in [1.807, 2.05) is 18.2 Å². The predicted octanol–water partition coefficient (Wildman–Crippen LogP) is 5.79. The van der Waals surface area contributed by atoms with E-state index in [4.69, 9.17) is 16.6 Å². The number of amidine groups is 1. The summed E-state index contributed by atoms with van der Waals surface area (Å²) in [6, 6.07) is 27.1. The number of hydrogen-bond donors (Lipinski definition) is 1. The summed E-state index contributed by atoms with van der Waals surface area (Å²) >= 11 is 6.12. The number of benzene rings is 3. The smallest absolute Gasteiger partial charge is 0.133 e. The van der Waals surface area contributed by atoms with Crippen molar-refractivity contribution in [1.82, 2.24) is 5.32 Å². The van der Waals surface area contributed by atoms with Crippen molar-refractivity contribution in [3.05, 3.63) is 112 Å². The van der Waals surface area contributed by atoms with Crippen LogP contribution in [0.2, 0.25) is 5.02 Å². The van der Waals surface area contributed by atoms with E-state index in [-0.39, 0.29) is 6.04 Å². The van der Waals surface area contributed by atoms with Crippen LogP contribution in [-0.2, 0) is 6.42 Å². The number of rotatable bonds is 2. The molecule has 1 unspecified atom stereocenters. The summed E-state index contributed by atoms with van der Waals surface area (Å²) in [5.74, 6) is 0.922. The first kappa shape index (κ1) is 16.3. The molecule has 1 atom stereocenters. The highest BCUT2D eigenvalue weighted by Crippen LogP contribution is 2.41. The molecule has 1 heterocycles. The van der Waals surface area contributed by atoms with Crippen molar-refractivity contribution in [3.8, 4) is 0 Å². The van der Waals surface area contributed by atoms with Crippen LogP contribution in [0.5, 0.6) is 0 Å². The Morgan fingerprint density at radius 1 is 0.815 bits per heavy atom. The third-order valence-corrected chi connectivity index (χ3v) is 5.59. The van der Waals surface area contributed by atoms with E-state index < -0.39 is 0 Å². The molecule has 0 radical (unpaired) electrons. The second-order valence-corrected chi connectivity index (χ2v) is 7.42. The quantitative estimate of drug-likeness (QED) is 0.606. The molecule has 2 aliphatic rings. The molecule has 132 valence electrons. The van der Waals surface area contributed by atoms with E-state index in [0.717, 1.165) is 29.3 Å². The van der Waals surface area contributed by atoms with Gasteiger partial charge in [0.15, 0.2) is 0 Å². The summed E-state index contributed by atoms with van der Waals surface area (Å²) in [6.07, 6.45) is 2.06. The normalized spacial score (nSPS) is 18.3. The zero-order valence-corrected chi connectivity index (χ0v) is 15.6. The van der Waals surface area contributed by atoms with Crippen LogP contribution in [-0.4, -0.2) is 5.84 Å². The summed E-state index contributed by atoms with van der Waals surface area (Å²) in [5, 5.41) is 4.40. The minimum atomic E-state index is 0.0158. The Balaban J connectivity index is 1.67. The van der Waals surface area contributed by atoms with Gasteiger partial charge in [-0.25, -0.2) is 0 Å². The number of hydrogen-bond acceptors (Lipinski definition) is 2. The molecule has 0 saturated carbocycles. The van der Waals surface area contributed by atoms with Crippen molar-refractivity contribution in [1.29, 1.82) is 0 Å². The molecule has 1 aliphatic heterocycles. The van der Waals surface area contributed by atoms with Crippen molar-refractivity contribution in [2.24, 2.45) is 4.99 Å². The van der Waals surface area contributed by atoms with Crippen LogP contribution in [0.15, 0.2) is 89.4 Å². The largest absolute Gasteiger partial charge is 0.339 e. The minimum absolute atomic E-state index is 0.0158. The van der Waals surface area contributed by atoms with Gasteiger partial charge in [-0.05, 0) is 41.7 Å². The zero-order chi connectivity index (χ0) is 18.2. The Labute approximate surface area is 164 Å². The molecule has 27 heavy (non-hydrogen) atoms. The van der Waals surface area contributed by atoms with Crippen molar-refractivity contribution >= 4 is 23.1 Å². The topological polar surface area (TPSA) is 24.4 Å². The minimum Gasteiger partial charge on any atom is -0.339 e. The summed E-state index contributed by atoms with van der Waals surface area (Å²) < 4.78 is 0. The third-order valence-electron chi connectivity index (χ3n) is 5.34. The number of fused-ring (bicyclic) bond motifs is 2. The Morgan fingerprint density at radius 2 is 1.56 bits per heavy atom. The molecular weight excluding hydrogens is 352 g/mol. The van der Waals surface area contributed by atoms with E-state index in [0.29, 0.717) is 0 Å². The van der Waals surface area contributed by atoms with Crippen LogP contribution in [0.25, 0.3) is 5.70 Å². The maximum Gasteiger partial charge on any atom is 0.133 e. The lowest BCUT2D eigenvalue weighted by molar-refractivity contribution is 0.737. The van der Waals surface area contributed by atoms with Gasteiger partial charge in [0.05, 0.1) is 0 Å². The maximum atomic E-state index is 6.12. The lowest BCUT2D eigenvalue weighted by Gasteiger charge is -2.33. The molecule has 0 amide bonds. The lowest BCUT2D eigenvalue weighted by Crippen LogP contribution is -2.32. The van der Waals surface area contributed by atoms with Crippen LogP contribution in [0.4, 0.5) is 0 Å². The zero-order valence-electron chi connectivity index (χ0n) is 14.8. The van der Waals surface area contributed by atoms with Crippen molar-refractivity contribution in [3.63, 3.8) is 0 Å². The summed E-state index contributed by atoms with van der Waals surface area (Å²) in [4.78, 5) is 5.11. The molecule has 0 spiro atoms. The highest BCUT2D eigenvalue weighted by Gasteiger charge is 2.30. The number of nitrogens with one attached hydrogen (secondary N) is 1. The van der Waals surface area contributed by atoms with Gasteiger partial charge in [-0.15, -0.1) is 0 Å². The van der Waals surface area contributed by atoms with Gasteiger partial charge < -0.3 is 5.32 Å². The number of aliphatic imine (C=N–C) groups is 1. The molecule has 5 rings (SSSR count). The summed E-state index contributed by atoms with van der Waals surface area (Å²) in [6.45, 7) is 0. The fraction of sp³-hybridized carbons (Fsp3) is 0.125. The van der Waals surface area contributed by atoms with Crippen LogP contribution < -0.4 is 5.32 Å². The molecule has 0 fully saturated rings. The molecule has 1 aliphatic carbocycles. The second kappa shape index (κ2) is 6.71. The molecule has 0 saturated heterocycles. The average molecular weight is 371 g/mol.